The van der Waals surface area contributed by atoms with E-state index in [1.807, 2.05) is 12.1 Å². The highest BCUT2D eigenvalue weighted by Gasteiger charge is 2.04. The average Bonchev–Trinajstić information content (AvgIpc) is 2.92. The SMILES string of the molecule is COc1ccc(C(C)NCCc2ccsc2)cc1. The standard InChI is InChI=1S/C15H19NOS/c1-12(14-3-5-15(17-2)6-4-14)16-9-7-13-8-10-18-11-13/h3-6,8,10-12,16H,7,9H2,1-2H3. The van der Waals surface area contributed by atoms with Gasteiger partial charge in [-0.2, -0.15) is 11.3 Å². The molecule has 0 aliphatic rings. The quantitative estimate of drug-likeness (QED) is 0.857. The Morgan fingerprint density at radius 3 is 2.61 bits per heavy atom. The summed E-state index contributed by atoms with van der Waals surface area (Å²) in [6.07, 6.45) is 1.09. The Labute approximate surface area is 113 Å². The molecule has 2 nitrogen and oxygen atoms in total. The molecular formula is C15H19NOS. The highest BCUT2D eigenvalue weighted by atomic mass is 32.1. The van der Waals surface area contributed by atoms with Crippen LogP contribution in [0.15, 0.2) is 41.1 Å². The van der Waals surface area contributed by atoms with Crippen molar-refractivity contribution in [3.05, 3.63) is 52.2 Å². The monoisotopic (exact) mass is 261 g/mol. The van der Waals surface area contributed by atoms with Gasteiger partial charge < -0.3 is 10.1 Å². The van der Waals surface area contributed by atoms with Crippen LogP contribution in [0.3, 0.4) is 0 Å². The van der Waals surface area contributed by atoms with Crippen LogP contribution in [0.1, 0.15) is 24.1 Å². The Morgan fingerprint density at radius 2 is 2.00 bits per heavy atom. The van der Waals surface area contributed by atoms with Crippen LogP contribution in [0.4, 0.5) is 0 Å². The van der Waals surface area contributed by atoms with E-state index in [2.05, 4.69) is 41.2 Å². The molecule has 0 aliphatic heterocycles. The molecule has 1 aromatic carbocycles. The van der Waals surface area contributed by atoms with E-state index in [1.165, 1.54) is 11.1 Å². The molecular weight excluding hydrogens is 242 g/mol. The Kier molecular flexibility index (Phi) is 4.79. The number of hydrogen-bond acceptors (Lipinski definition) is 3. The maximum absolute atomic E-state index is 5.16. The summed E-state index contributed by atoms with van der Waals surface area (Å²) < 4.78 is 5.16. The first-order valence-electron chi connectivity index (χ1n) is 6.18. The number of rotatable bonds is 6. The van der Waals surface area contributed by atoms with E-state index in [1.54, 1.807) is 18.4 Å². The van der Waals surface area contributed by atoms with Crippen LogP contribution in [0.2, 0.25) is 0 Å². The molecule has 1 heterocycles. The summed E-state index contributed by atoms with van der Waals surface area (Å²) in [4.78, 5) is 0. The molecule has 0 radical (unpaired) electrons. The van der Waals surface area contributed by atoms with Crippen molar-refractivity contribution >= 4 is 11.3 Å². The van der Waals surface area contributed by atoms with Crippen molar-refractivity contribution in [3.63, 3.8) is 0 Å². The van der Waals surface area contributed by atoms with Gasteiger partial charge in [-0.25, -0.2) is 0 Å². The molecule has 18 heavy (non-hydrogen) atoms. The highest BCUT2D eigenvalue weighted by Crippen LogP contribution is 2.17. The first kappa shape index (κ1) is 13.1. The van der Waals surface area contributed by atoms with Crippen LogP contribution in [-0.2, 0) is 6.42 Å². The fourth-order valence-electron chi connectivity index (χ4n) is 1.88. The molecule has 96 valence electrons. The normalized spacial score (nSPS) is 12.3. The average molecular weight is 261 g/mol. The van der Waals surface area contributed by atoms with Crippen LogP contribution in [0.25, 0.3) is 0 Å². The lowest BCUT2D eigenvalue weighted by Gasteiger charge is -2.14. The second-order valence-corrected chi connectivity index (χ2v) is 5.11. The van der Waals surface area contributed by atoms with Gasteiger partial charge in [0.2, 0.25) is 0 Å². The summed E-state index contributed by atoms with van der Waals surface area (Å²) in [6, 6.07) is 10.8. The van der Waals surface area contributed by atoms with Gasteiger partial charge in [0.15, 0.2) is 0 Å². The Bertz CT molecular complexity index is 450. The number of hydrogen-bond donors (Lipinski definition) is 1. The second-order valence-electron chi connectivity index (χ2n) is 4.33. The van der Waals surface area contributed by atoms with Gasteiger partial charge in [0.05, 0.1) is 7.11 Å². The molecule has 1 aromatic heterocycles. The highest BCUT2D eigenvalue weighted by molar-refractivity contribution is 7.07. The molecule has 3 heteroatoms. The van der Waals surface area contributed by atoms with Crippen LogP contribution in [-0.4, -0.2) is 13.7 Å². The lowest BCUT2D eigenvalue weighted by Crippen LogP contribution is -2.21. The molecule has 0 bridgehead atoms. The molecule has 1 atom stereocenters. The zero-order valence-corrected chi connectivity index (χ0v) is 11.7. The molecule has 0 amide bonds. The lowest BCUT2D eigenvalue weighted by atomic mass is 10.1. The van der Waals surface area contributed by atoms with Crippen molar-refractivity contribution in [2.45, 2.75) is 19.4 Å². The molecule has 0 fully saturated rings. The molecule has 1 N–H and O–H groups in total. The zero-order valence-electron chi connectivity index (χ0n) is 10.8. The van der Waals surface area contributed by atoms with E-state index in [4.69, 9.17) is 4.74 Å². The fourth-order valence-corrected chi connectivity index (χ4v) is 2.58. The topological polar surface area (TPSA) is 21.3 Å². The van der Waals surface area contributed by atoms with E-state index in [0.29, 0.717) is 6.04 Å². The fraction of sp³-hybridized carbons (Fsp3) is 0.333. The van der Waals surface area contributed by atoms with Crippen molar-refractivity contribution < 1.29 is 4.74 Å². The molecule has 0 saturated heterocycles. The van der Waals surface area contributed by atoms with Gasteiger partial charge in [0.1, 0.15) is 5.75 Å². The predicted molar refractivity (Wildman–Crippen MR) is 77.4 cm³/mol. The Balaban J connectivity index is 1.81. The second kappa shape index (κ2) is 6.57. The van der Waals surface area contributed by atoms with Crippen LogP contribution in [0.5, 0.6) is 5.75 Å². The number of methoxy groups -OCH3 is 1. The molecule has 2 aromatic rings. The number of benzene rings is 1. The van der Waals surface area contributed by atoms with Gasteiger partial charge in [-0.15, -0.1) is 0 Å². The smallest absolute Gasteiger partial charge is 0.118 e. The van der Waals surface area contributed by atoms with Gasteiger partial charge in [0.25, 0.3) is 0 Å². The van der Waals surface area contributed by atoms with E-state index < -0.39 is 0 Å². The Morgan fingerprint density at radius 1 is 1.22 bits per heavy atom. The number of thiophene rings is 1. The van der Waals surface area contributed by atoms with Crippen molar-refractivity contribution in [3.8, 4) is 5.75 Å². The minimum Gasteiger partial charge on any atom is -0.497 e. The van der Waals surface area contributed by atoms with E-state index in [9.17, 15) is 0 Å². The zero-order chi connectivity index (χ0) is 12.8. The maximum atomic E-state index is 5.16. The van der Waals surface area contributed by atoms with Gasteiger partial charge in [-0.3, -0.25) is 0 Å². The van der Waals surface area contributed by atoms with Gasteiger partial charge >= 0.3 is 0 Å². The summed E-state index contributed by atoms with van der Waals surface area (Å²) in [6.45, 7) is 3.19. The van der Waals surface area contributed by atoms with Crippen LogP contribution in [0, 0.1) is 0 Å². The minimum absolute atomic E-state index is 0.370. The van der Waals surface area contributed by atoms with Crippen molar-refractivity contribution in [1.82, 2.24) is 5.32 Å². The Hall–Kier alpha value is -1.32. The minimum atomic E-state index is 0.370. The van der Waals surface area contributed by atoms with Gasteiger partial charge in [0, 0.05) is 6.04 Å². The summed E-state index contributed by atoms with van der Waals surface area (Å²) in [5, 5.41) is 7.87. The van der Waals surface area contributed by atoms with Crippen molar-refractivity contribution in [2.75, 3.05) is 13.7 Å². The van der Waals surface area contributed by atoms with Crippen LogP contribution >= 0.6 is 11.3 Å². The summed E-state index contributed by atoms with van der Waals surface area (Å²) >= 11 is 1.76. The summed E-state index contributed by atoms with van der Waals surface area (Å²) in [7, 11) is 1.69. The van der Waals surface area contributed by atoms with Crippen molar-refractivity contribution in [1.29, 1.82) is 0 Å². The third kappa shape index (κ3) is 3.59. The molecule has 1 unspecified atom stereocenters. The number of ether oxygens (including phenoxy) is 1. The van der Waals surface area contributed by atoms with Crippen LogP contribution < -0.4 is 10.1 Å². The molecule has 0 saturated carbocycles. The first-order chi connectivity index (χ1) is 8.79. The molecule has 0 aliphatic carbocycles. The van der Waals surface area contributed by atoms with E-state index in [0.717, 1.165) is 18.7 Å². The molecule has 2 rings (SSSR count). The summed E-state index contributed by atoms with van der Waals surface area (Å²) in [5.74, 6) is 0.907. The predicted octanol–water partition coefficient (Wildman–Crippen LogP) is 3.65. The third-order valence-corrected chi connectivity index (χ3v) is 3.79. The molecule has 0 spiro atoms. The third-order valence-electron chi connectivity index (χ3n) is 3.06. The van der Waals surface area contributed by atoms with E-state index >= 15 is 0 Å². The largest absolute Gasteiger partial charge is 0.497 e. The van der Waals surface area contributed by atoms with Gasteiger partial charge in [-0.1, -0.05) is 12.1 Å². The lowest BCUT2D eigenvalue weighted by molar-refractivity contribution is 0.414. The number of nitrogens with one attached hydrogen (secondary N) is 1. The first-order valence-corrected chi connectivity index (χ1v) is 7.12. The van der Waals surface area contributed by atoms with E-state index in [-0.39, 0.29) is 0 Å². The summed E-state index contributed by atoms with van der Waals surface area (Å²) in [5.41, 5.74) is 2.70. The van der Waals surface area contributed by atoms with Gasteiger partial charge in [-0.05, 0) is 60.0 Å². The maximum Gasteiger partial charge on any atom is 0.118 e. The van der Waals surface area contributed by atoms with Crippen molar-refractivity contribution in [2.24, 2.45) is 0 Å².